The fourth-order valence-electron chi connectivity index (χ4n) is 2.97. The van der Waals surface area contributed by atoms with E-state index in [0.717, 1.165) is 12.0 Å². The van der Waals surface area contributed by atoms with Gasteiger partial charge in [0.05, 0.1) is 12.5 Å². The molecule has 0 spiro atoms. The number of ether oxygens (including phenoxy) is 1. The Kier molecular flexibility index (Phi) is 3.84. The molecule has 0 aromatic heterocycles. The molecule has 112 valence electrons. The molecule has 22 heavy (non-hydrogen) atoms. The van der Waals surface area contributed by atoms with Gasteiger partial charge in [-0.25, -0.2) is 0 Å². The number of hydrogen-bond acceptors (Lipinski definition) is 2. The van der Waals surface area contributed by atoms with E-state index in [1.54, 1.807) is 0 Å². The van der Waals surface area contributed by atoms with Crippen molar-refractivity contribution in [1.82, 2.24) is 0 Å². The monoisotopic (exact) mass is 292 g/mol. The molecule has 2 aromatic rings. The van der Waals surface area contributed by atoms with Crippen LogP contribution in [-0.4, -0.2) is 13.1 Å². The number of rotatable bonds is 4. The van der Waals surface area contributed by atoms with Gasteiger partial charge in [0.2, 0.25) is 0 Å². The summed E-state index contributed by atoms with van der Waals surface area (Å²) in [6.07, 6.45) is 4.84. The quantitative estimate of drug-likeness (QED) is 0.783. The van der Waals surface area contributed by atoms with Gasteiger partial charge < -0.3 is 4.74 Å². The van der Waals surface area contributed by atoms with E-state index < -0.39 is 5.41 Å². The zero-order valence-electron chi connectivity index (χ0n) is 13.0. The van der Waals surface area contributed by atoms with Crippen LogP contribution in [-0.2, 0) is 9.53 Å². The van der Waals surface area contributed by atoms with E-state index in [0.29, 0.717) is 0 Å². The molecule has 3 rings (SSSR count). The van der Waals surface area contributed by atoms with Gasteiger partial charge in [0.25, 0.3) is 0 Å². The van der Waals surface area contributed by atoms with Crippen molar-refractivity contribution in [3.05, 3.63) is 77.4 Å². The van der Waals surface area contributed by atoms with Crippen molar-refractivity contribution < 1.29 is 9.53 Å². The van der Waals surface area contributed by atoms with E-state index in [2.05, 4.69) is 31.2 Å². The number of esters is 1. The highest BCUT2D eigenvalue weighted by Crippen LogP contribution is 2.61. The summed E-state index contributed by atoms with van der Waals surface area (Å²) in [5.41, 5.74) is 3.02. The molecule has 0 unspecified atom stereocenters. The Morgan fingerprint density at radius 1 is 1.14 bits per heavy atom. The Hall–Kier alpha value is -2.35. The van der Waals surface area contributed by atoms with Crippen molar-refractivity contribution in [1.29, 1.82) is 0 Å². The van der Waals surface area contributed by atoms with Gasteiger partial charge in [0.1, 0.15) is 0 Å². The van der Waals surface area contributed by atoms with Crippen molar-refractivity contribution in [2.75, 3.05) is 7.11 Å². The first-order chi connectivity index (χ1) is 10.7. The summed E-state index contributed by atoms with van der Waals surface area (Å²) in [5, 5.41) is 0. The van der Waals surface area contributed by atoms with Gasteiger partial charge in [-0.15, -0.1) is 0 Å². The molecule has 0 radical (unpaired) electrons. The predicted molar refractivity (Wildman–Crippen MR) is 88.5 cm³/mol. The Labute approximate surface area is 131 Å². The van der Waals surface area contributed by atoms with Gasteiger partial charge in [-0.05, 0) is 24.5 Å². The third-order valence-corrected chi connectivity index (χ3v) is 4.42. The van der Waals surface area contributed by atoms with Crippen molar-refractivity contribution in [3.8, 4) is 0 Å². The fraction of sp³-hybridized carbons (Fsp3) is 0.250. The Balaban J connectivity index is 1.87. The normalized spacial score (nSPS) is 23.5. The minimum Gasteiger partial charge on any atom is -0.468 e. The Bertz CT molecular complexity index is 685. The van der Waals surface area contributed by atoms with Crippen molar-refractivity contribution in [2.24, 2.45) is 5.41 Å². The molecule has 0 N–H and O–H groups in total. The average molecular weight is 292 g/mol. The first-order valence-electron chi connectivity index (χ1n) is 7.55. The second-order valence-corrected chi connectivity index (χ2v) is 5.94. The minimum atomic E-state index is -0.514. The lowest BCUT2D eigenvalue weighted by Crippen LogP contribution is -2.17. The number of aryl methyl sites for hydroxylation is 1. The molecule has 2 heteroatoms. The molecule has 2 aromatic carbocycles. The molecule has 0 heterocycles. The van der Waals surface area contributed by atoms with Gasteiger partial charge in [-0.1, -0.05) is 72.3 Å². The lowest BCUT2D eigenvalue weighted by Gasteiger charge is -2.11. The molecule has 0 bridgehead atoms. The van der Waals surface area contributed by atoms with Crippen molar-refractivity contribution >= 4 is 12.0 Å². The van der Waals surface area contributed by atoms with Crippen molar-refractivity contribution in [3.63, 3.8) is 0 Å². The van der Waals surface area contributed by atoms with Gasteiger partial charge in [-0.3, -0.25) is 4.79 Å². The number of carbonyl (C=O) groups is 1. The highest BCUT2D eigenvalue weighted by Gasteiger charge is 2.59. The maximum absolute atomic E-state index is 12.3. The summed E-state index contributed by atoms with van der Waals surface area (Å²) in [6, 6.07) is 18.5. The maximum Gasteiger partial charge on any atom is 0.316 e. The van der Waals surface area contributed by atoms with Crippen LogP contribution in [0.25, 0.3) is 6.08 Å². The van der Waals surface area contributed by atoms with Crippen LogP contribution in [0.2, 0.25) is 0 Å². The number of benzene rings is 2. The fourth-order valence-corrected chi connectivity index (χ4v) is 2.97. The number of methoxy groups -OCH3 is 1. The summed E-state index contributed by atoms with van der Waals surface area (Å²) in [5.74, 6) is 0.0609. The molecule has 1 saturated carbocycles. The second-order valence-electron chi connectivity index (χ2n) is 5.94. The predicted octanol–water partition coefficient (Wildman–Crippen LogP) is 4.36. The van der Waals surface area contributed by atoms with Gasteiger partial charge in [0.15, 0.2) is 0 Å². The summed E-state index contributed by atoms with van der Waals surface area (Å²) in [7, 11) is 1.46. The highest BCUT2D eigenvalue weighted by molar-refractivity contribution is 5.86. The van der Waals surface area contributed by atoms with Gasteiger partial charge >= 0.3 is 5.97 Å². The van der Waals surface area contributed by atoms with Gasteiger partial charge in [0, 0.05) is 5.92 Å². The third kappa shape index (κ3) is 2.69. The summed E-state index contributed by atoms with van der Waals surface area (Å²) in [4.78, 5) is 12.3. The SMILES string of the molecule is COC(=O)[C@@]1(/C=C/c2ccccc2)C[C@@H]1c1ccc(C)cc1. The zero-order chi connectivity index (χ0) is 15.6. The van der Waals surface area contributed by atoms with E-state index in [4.69, 9.17) is 4.74 Å². The summed E-state index contributed by atoms with van der Waals surface area (Å²) < 4.78 is 5.05. The van der Waals surface area contributed by atoms with Crippen LogP contribution in [0.1, 0.15) is 29.0 Å². The largest absolute Gasteiger partial charge is 0.468 e. The standard InChI is InChI=1S/C20H20O2/c1-15-8-10-17(11-9-15)18-14-20(18,19(21)22-2)13-12-16-6-4-3-5-7-16/h3-13,18H,14H2,1-2H3/b13-12+/t18-,20+/m1/s1. The molecule has 1 aliphatic carbocycles. The maximum atomic E-state index is 12.3. The van der Waals surface area contributed by atoms with Crippen LogP contribution in [0.3, 0.4) is 0 Å². The van der Waals surface area contributed by atoms with E-state index in [1.165, 1.54) is 18.2 Å². The van der Waals surface area contributed by atoms with E-state index >= 15 is 0 Å². The van der Waals surface area contributed by atoms with Crippen LogP contribution in [0, 0.1) is 12.3 Å². The molecule has 1 fully saturated rings. The van der Waals surface area contributed by atoms with E-state index in [9.17, 15) is 4.79 Å². The lowest BCUT2D eigenvalue weighted by atomic mass is 9.97. The topological polar surface area (TPSA) is 26.3 Å². The summed E-state index contributed by atoms with van der Waals surface area (Å²) in [6.45, 7) is 2.07. The number of hydrogen-bond donors (Lipinski definition) is 0. The van der Waals surface area contributed by atoms with Crippen LogP contribution in [0.4, 0.5) is 0 Å². The average Bonchev–Trinajstić information content (AvgIpc) is 3.30. The van der Waals surface area contributed by atoms with Crippen LogP contribution in [0.5, 0.6) is 0 Å². The van der Waals surface area contributed by atoms with E-state index in [-0.39, 0.29) is 11.9 Å². The first-order valence-corrected chi connectivity index (χ1v) is 7.55. The number of carbonyl (C=O) groups excluding carboxylic acids is 1. The van der Waals surface area contributed by atoms with Gasteiger partial charge in [-0.2, -0.15) is 0 Å². The zero-order valence-corrected chi connectivity index (χ0v) is 13.0. The smallest absolute Gasteiger partial charge is 0.316 e. The van der Waals surface area contributed by atoms with Crippen LogP contribution < -0.4 is 0 Å². The Morgan fingerprint density at radius 2 is 1.82 bits per heavy atom. The molecular formula is C20H20O2. The first kappa shape index (κ1) is 14.6. The third-order valence-electron chi connectivity index (χ3n) is 4.42. The molecule has 0 aliphatic heterocycles. The minimum absolute atomic E-state index is 0.148. The second kappa shape index (κ2) is 5.80. The Morgan fingerprint density at radius 3 is 2.45 bits per heavy atom. The van der Waals surface area contributed by atoms with E-state index in [1.807, 2.05) is 42.5 Å². The lowest BCUT2D eigenvalue weighted by molar-refractivity contribution is -0.145. The molecule has 2 nitrogen and oxygen atoms in total. The molecule has 0 amide bonds. The highest BCUT2D eigenvalue weighted by atomic mass is 16.5. The molecule has 2 atom stereocenters. The molecule has 1 aliphatic rings. The van der Waals surface area contributed by atoms with Crippen LogP contribution in [0.15, 0.2) is 60.7 Å². The molecule has 0 saturated heterocycles. The van der Waals surface area contributed by atoms with Crippen LogP contribution >= 0.6 is 0 Å². The van der Waals surface area contributed by atoms with Crippen molar-refractivity contribution in [2.45, 2.75) is 19.3 Å². The summed E-state index contributed by atoms with van der Waals surface area (Å²) >= 11 is 0. The molecular weight excluding hydrogens is 272 g/mol.